The van der Waals surface area contributed by atoms with E-state index in [9.17, 15) is 0 Å². The number of halogens is 1. The van der Waals surface area contributed by atoms with Gasteiger partial charge in [0.05, 0.1) is 12.8 Å². The molecule has 0 saturated carbocycles. The smallest absolute Gasteiger partial charge is 0.192 e. The molecule has 7 heteroatoms. The molecule has 5 nitrogen and oxygen atoms in total. The molecule has 0 fully saturated rings. The fraction of sp³-hybridized carbons (Fsp3) is 0.105. The zero-order valence-corrected chi connectivity index (χ0v) is 16.2. The molecule has 0 spiro atoms. The highest BCUT2D eigenvalue weighted by Gasteiger charge is 2.16. The highest BCUT2D eigenvalue weighted by molar-refractivity contribution is 9.10. The number of thioether (sulfide) groups is 1. The summed E-state index contributed by atoms with van der Waals surface area (Å²) >= 11 is 5.17. The lowest BCUT2D eigenvalue weighted by atomic mass is 10.2. The molecule has 1 aromatic carbocycles. The molecule has 0 saturated heterocycles. The number of furan rings is 1. The summed E-state index contributed by atoms with van der Waals surface area (Å²) in [6.07, 6.45) is 5.23. The first-order chi connectivity index (χ1) is 12.8. The molecule has 3 heterocycles. The Kier molecular flexibility index (Phi) is 5.17. The zero-order valence-electron chi connectivity index (χ0n) is 13.7. The lowest BCUT2D eigenvalue weighted by molar-refractivity contribution is 0.485. The van der Waals surface area contributed by atoms with Crippen LogP contribution in [-0.4, -0.2) is 19.7 Å². The van der Waals surface area contributed by atoms with E-state index < -0.39 is 0 Å². The highest BCUT2D eigenvalue weighted by atomic mass is 79.9. The first-order valence-electron chi connectivity index (χ1n) is 8.03. The van der Waals surface area contributed by atoms with E-state index in [4.69, 9.17) is 4.42 Å². The van der Waals surface area contributed by atoms with Crippen LogP contribution in [0.1, 0.15) is 11.3 Å². The van der Waals surface area contributed by atoms with Crippen LogP contribution in [0.4, 0.5) is 0 Å². The molecule has 0 atom stereocenters. The zero-order chi connectivity index (χ0) is 17.8. The largest absolute Gasteiger partial charge is 0.467 e. The molecule has 0 bridgehead atoms. The fourth-order valence-corrected chi connectivity index (χ4v) is 3.91. The van der Waals surface area contributed by atoms with E-state index in [1.165, 1.54) is 5.56 Å². The second-order valence-electron chi connectivity index (χ2n) is 5.63. The molecule has 0 radical (unpaired) electrons. The van der Waals surface area contributed by atoms with Gasteiger partial charge in [-0.2, -0.15) is 0 Å². The number of nitrogens with zero attached hydrogens (tertiary/aromatic N) is 4. The summed E-state index contributed by atoms with van der Waals surface area (Å²) in [5.41, 5.74) is 2.15. The number of benzene rings is 1. The van der Waals surface area contributed by atoms with E-state index in [1.807, 2.05) is 36.4 Å². The van der Waals surface area contributed by atoms with Crippen molar-refractivity contribution in [3.63, 3.8) is 0 Å². The van der Waals surface area contributed by atoms with Crippen LogP contribution in [0, 0.1) is 0 Å². The molecule has 26 heavy (non-hydrogen) atoms. The minimum Gasteiger partial charge on any atom is -0.467 e. The van der Waals surface area contributed by atoms with Crippen molar-refractivity contribution < 1.29 is 4.42 Å². The van der Waals surface area contributed by atoms with E-state index in [-0.39, 0.29) is 0 Å². The van der Waals surface area contributed by atoms with Crippen LogP contribution in [0.15, 0.2) is 81.2 Å². The Hall–Kier alpha value is -2.38. The van der Waals surface area contributed by atoms with Crippen LogP contribution in [0.25, 0.3) is 11.4 Å². The molecule has 0 unspecified atom stereocenters. The quantitative estimate of drug-likeness (QED) is 0.404. The number of hydrogen-bond donors (Lipinski definition) is 0. The second-order valence-corrected chi connectivity index (χ2v) is 7.49. The van der Waals surface area contributed by atoms with E-state index in [2.05, 4.69) is 47.8 Å². The van der Waals surface area contributed by atoms with Crippen molar-refractivity contribution in [3.8, 4) is 11.4 Å². The minimum absolute atomic E-state index is 0.574. The fourth-order valence-electron chi connectivity index (χ4n) is 2.58. The highest BCUT2D eigenvalue weighted by Crippen LogP contribution is 2.27. The average Bonchev–Trinajstić information content (AvgIpc) is 3.31. The van der Waals surface area contributed by atoms with Gasteiger partial charge in [-0.15, -0.1) is 10.2 Å². The van der Waals surface area contributed by atoms with Crippen LogP contribution in [0.2, 0.25) is 0 Å². The third-order valence-electron chi connectivity index (χ3n) is 3.79. The van der Waals surface area contributed by atoms with Gasteiger partial charge >= 0.3 is 0 Å². The van der Waals surface area contributed by atoms with E-state index in [0.717, 1.165) is 32.5 Å². The van der Waals surface area contributed by atoms with E-state index in [1.54, 1.807) is 30.4 Å². The molecular formula is C19H15BrN4OS. The Morgan fingerprint density at radius 2 is 2.04 bits per heavy atom. The summed E-state index contributed by atoms with van der Waals surface area (Å²) < 4.78 is 8.66. The van der Waals surface area contributed by atoms with Gasteiger partial charge in [0.25, 0.3) is 0 Å². The maximum atomic E-state index is 5.52. The number of pyridine rings is 1. The summed E-state index contributed by atoms with van der Waals surface area (Å²) in [6.45, 7) is 0.574. The Morgan fingerprint density at radius 3 is 2.81 bits per heavy atom. The van der Waals surface area contributed by atoms with Crippen molar-refractivity contribution in [1.82, 2.24) is 19.7 Å². The molecule has 3 aromatic heterocycles. The molecule has 0 amide bonds. The molecule has 0 aliphatic rings. The van der Waals surface area contributed by atoms with Crippen LogP contribution in [-0.2, 0) is 12.3 Å². The van der Waals surface area contributed by atoms with E-state index >= 15 is 0 Å². The summed E-state index contributed by atoms with van der Waals surface area (Å²) in [7, 11) is 0. The Labute approximate surface area is 163 Å². The average molecular weight is 427 g/mol. The van der Waals surface area contributed by atoms with Crippen molar-refractivity contribution in [2.24, 2.45) is 0 Å². The van der Waals surface area contributed by atoms with Crippen molar-refractivity contribution in [2.75, 3.05) is 0 Å². The first kappa shape index (κ1) is 17.1. The molecule has 4 rings (SSSR count). The topological polar surface area (TPSA) is 56.7 Å². The van der Waals surface area contributed by atoms with Crippen LogP contribution >= 0.6 is 27.7 Å². The Morgan fingerprint density at radius 1 is 1.08 bits per heavy atom. The lowest BCUT2D eigenvalue weighted by Crippen LogP contribution is -2.03. The van der Waals surface area contributed by atoms with Crippen molar-refractivity contribution in [1.29, 1.82) is 0 Å². The van der Waals surface area contributed by atoms with Gasteiger partial charge in [-0.25, -0.2) is 0 Å². The van der Waals surface area contributed by atoms with Gasteiger partial charge < -0.3 is 4.42 Å². The first-order valence-corrected chi connectivity index (χ1v) is 9.81. The molecule has 0 N–H and O–H groups in total. The second kappa shape index (κ2) is 7.88. The van der Waals surface area contributed by atoms with Gasteiger partial charge in [0.2, 0.25) is 0 Å². The van der Waals surface area contributed by atoms with Crippen molar-refractivity contribution >= 4 is 27.7 Å². The maximum Gasteiger partial charge on any atom is 0.192 e. The van der Waals surface area contributed by atoms with Gasteiger partial charge in [-0.1, -0.05) is 39.8 Å². The summed E-state index contributed by atoms with van der Waals surface area (Å²) in [6, 6.07) is 16.0. The predicted octanol–water partition coefficient (Wildman–Crippen LogP) is 5.04. The molecule has 130 valence electrons. The normalized spacial score (nSPS) is 11.0. The lowest BCUT2D eigenvalue weighted by Gasteiger charge is -2.09. The Bertz CT molecular complexity index is 986. The monoisotopic (exact) mass is 426 g/mol. The van der Waals surface area contributed by atoms with Crippen LogP contribution in [0.5, 0.6) is 0 Å². The van der Waals surface area contributed by atoms with Crippen LogP contribution < -0.4 is 0 Å². The summed E-state index contributed by atoms with van der Waals surface area (Å²) in [5, 5.41) is 9.65. The molecule has 4 aromatic rings. The minimum atomic E-state index is 0.574. The molecule has 0 aliphatic heterocycles. The third kappa shape index (κ3) is 3.89. The molecule has 0 aliphatic carbocycles. The standard InChI is InChI=1S/C19H15BrN4OS/c20-16-6-1-4-14(10-16)13-26-19-23-22-18(15-5-2-8-21-11-15)24(19)12-17-7-3-9-25-17/h1-11H,12-13H2. The molecular weight excluding hydrogens is 412 g/mol. The van der Waals surface area contributed by atoms with Gasteiger partial charge in [-0.05, 0) is 42.0 Å². The maximum absolute atomic E-state index is 5.52. The van der Waals surface area contributed by atoms with Crippen LogP contribution in [0.3, 0.4) is 0 Å². The van der Waals surface area contributed by atoms with Crippen molar-refractivity contribution in [3.05, 3.63) is 83.0 Å². The van der Waals surface area contributed by atoms with Gasteiger partial charge in [0.15, 0.2) is 11.0 Å². The third-order valence-corrected chi connectivity index (χ3v) is 5.32. The summed E-state index contributed by atoms with van der Waals surface area (Å²) in [4.78, 5) is 4.20. The number of aromatic nitrogens is 4. The van der Waals surface area contributed by atoms with E-state index in [0.29, 0.717) is 6.54 Å². The number of hydrogen-bond acceptors (Lipinski definition) is 5. The number of rotatable bonds is 6. The summed E-state index contributed by atoms with van der Waals surface area (Å²) in [5.74, 6) is 2.45. The predicted molar refractivity (Wildman–Crippen MR) is 105 cm³/mol. The SMILES string of the molecule is Brc1cccc(CSc2nnc(-c3cccnc3)n2Cc2ccco2)c1. The van der Waals surface area contributed by atoms with Gasteiger partial charge in [-0.3, -0.25) is 9.55 Å². The van der Waals surface area contributed by atoms with Gasteiger partial charge in [0, 0.05) is 28.2 Å². The van der Waals surface area contributed by atoms with Gasteiger partial charge in [0.1, 0.15) is 5.76 Å². The van der Waals surface area contributed by atoms with Crippen molar-refractivity contribution in [2.45, 2.75) is 17.5 Å². The Balaban J connectivity index is 1.64.